The number of hydrogen-bond donors (Lipinski definition) is 2. The summed E-state index contributed by atoms with van der Waals surface area (Å²) in [5, 5.41) is 5.67. The van der Waals surface area contributed by atoms with Gasteiger partial charge in [-0.15, -0.1) is 0 Å². The Kier molecular flexibility index (Phi) is 6.24. The third kappa shape index (κ3) is 4.30. The highest BCUT2D eigenvalue weighted by molar-refractivity contribution is 6.02. The topological polar surface area (TPSA) is 79.9 Å². The van der Waals surface area contributed by atoms with Crippen LogP contribution in [0.5, 0.6) is 5.75 Å². The fraction of sp³-hybridized carbons (Fsp3) is 0.636. The van der Waals surface area contributed by atoms with Crippen molar-refractivity contribution in [2.75, 3.05) is 46.6 Å². The van der Waals surface area contributed by atoms with Crippen LogP contribution in [0.2, 0.25) is 0 Å². The Morgan fingerprint density at radius 1 is 1.23 bits per heavy atom. The molecule has 1 aromatic carbocycles. The highest BCUT2D eigenvalue weighted by Crippen LogP contribution is 2.42. The molecule has 1 saturated heterocycles. The maximum absolute atomic E-state index is 13.3. The molecule has 0 spiro atoms. The summed E-state index contributed by atoms with van der Waals surface area (Å²) in [6, 6.07) is 3.45. The summed E-state index contributed by atoms with van der Waals surface area (Å²) in [6.45, 7) is 5.78. The van der Waals surface area contributed by atoms with Gasteiger partial charge in [-0.1, -0.05) is 6.92 Å². The fourth-order valence-electron chi connectivity index (χ4n) is 4.34. The molecule has 164 valence electrons. The molecule has 1 aromatic rings. The van der Waals surface area contributed by atoms with Crippen molar-refractivity contribution >= 4 is 11.8 Å². The van der Waals surface area contributed by atoms with Gasteiger partial charge >= 0.3 is 0 Å². The van der Waals surface area contributed by atoms with Crippen molar-refractivity contribution in [1.29, 1.82) is 0 Å². The monoisotopic (exact) mass is 419 g/mol. The van der Waals surface area contributed by atoms with Crippen LogP contribution in [-0.4, -0.2) is 75.4 Å². The lowest BCUT2D eigenvalue weighted by molar-refractivity contribution is 0.0367. The molecule has 0 bridgehead atoms. The number of amides is 2. The Morgan fingerprint density at radius 2 is 2.00 bits per heavy atom. The molecule has 3 aliphatic rings. The second-order valence-electron chi connectivity index (χ2n) is 8.44. The summed E-state index contributed by atoms with van der Waals surface area (Å²) in [5.41, 5.74) is 1.41. The quantitative estimate of drug-likeness (QED) is 0.704. The van der Waals surface area contributed by atoms with Crippen LogP contribution in [0.25, 0.3) is 0 Å². The minimum absolute atomic E-state index is 0.169. The molecule has 0 aromatic heterocycles. The minimum Gasteiger partial charge on any atom is -0.486 e. The van der Waals surface area contributed by atoms with Gasteiger partial charge < -0.3 is 20.1 Å². The summed E-state index contributed by atoms with van der Waals surface area (Å²) in [6.07, 6.45) is 1.41. The van der Waals surface area contributed by atoms with Crippen molar-refractivity contribution in [2.45, 2.75) is 37.8 Å². The summed E-state index contributed by atoms with van der Waals surface area (Å²) >= 11 is 0. The predicted molar refractivity (Wildman–Crippen MR) is 110 cm³/mol. The lowest BCUT2D eigenvalue weighted by atomic mass is 9.94. The van der Waals surface area contributed by atoms with E-state index in [9.17, 15) is 14.0 Å². The van der Waals surface area contributed by atoms with E-state index in [0.29, 0.717) is 22.8 Å². The molecule has 0 unspecified atom stereocenters. The number of nitrogens with one attached hydrogen (secondary N) is 2. The highest BCUT2D eigenvalue weighted by Gasteiger charge is 2.39. The van der Waals surface area contributed by atoms with Crippen molar-refractivity contribution in [3.8, 4) is 5.75 Å². The van der Waals surface area contributed by atoms with Gasteiger partial charge in [0.15, 0.2) is 0 Å². The fourth-order valence-corrected chi connectivity index (χ4v) is 4.34. The molecule has 0 radical (unpaired) electrons. The number of halogens is 1. The predicted octanol–water partition coefficient (Wildman–Crippen LogP) is 1.72. The molecule has 1 saturated carbocycles. The molecule has 1 aliphatic carbocycles. The van der Waals surface area contributed by atoms with E-state index in [4.69, 9.17) is 9.47 Å². The van der Waals surface area contributed by atoms with Gasteiger partial charge in [-0.3, -0.25) is 14.5 Å². The first kappa shape index (κ1) is 21.1. The molecular formula is C22H30FN3O4. The zero-order chi connectivity index (χ0) is 21.3. The standard InChI is InChI=1S/C22H30FN3O4/c1-13-16-9-15(10-17(22(28)24-2)20(16)30-19(13)12-23)21(27)25-18-11-14(18)3-4-26-5-7-29-8-6-26/h9-10,13-14,18-19H,3-8,11-12H2,1-2H3,(H,24,28)(H,25,27)/t13-,14+,18+,19+/m0/s1. The molecule has 8 heteroatoms. The van der Waals surface area contributed by atoms with Crippen LogP contribution >= 0.6 is 0 Å². The number of carbonyl (C=O) groups is 2. The second-order valence-corrected chi connectivity index (χ2v) is 8.44. The first-order valence-electron chi connectivity index (χ1n) is 10.8. The third-order valence-electron chi connectivity index (χ3n) is 6.48. The molecule has 2 amide bonds. The maximum atomic E-state index is 13.3. The van der Waals surface area contributed by atoms with Gasteiger partial charge in [0.1, 0.15) is 18.5 Å². The molecule has 2 fully saturated rings. The normalized spacial score (nSPS) is 27.8. The van der Waals surface area contributed by atoms with E-state index in [1.54, 1.807) is 12.1 Å². The number of rotatable bonds is 7. The first-order valence-corrected chi connectivity index (χ1v) is 10.8. The molecule has 4 rings (SSSR count). The summed E-state index contributed by atoms with van der Waals surface area (Å²) in [5.74, 6) is 0.113. The summed E-state index contributed by atoms with van der Waals surface area (Å²) in [4.78, 5) is 27.6. The smallest absolute Gasteiger partial charge is 0.254 e. The Balaban J connectivity index is 1.41. The molecular weight excluding hydrogens is 389 g/mol. The zero-order valence-corrected chi connectivity index (χ0v) is 17.6. The molecule has 7 nitrogen and oxygen atoms in total. The van der Waals surface area contributed by atoms with Crippen LogP contribution in [0.15, 0.2) is 12.1 Å². The first-order chi connectivity index (χ1) is 14.5. The van der Waals surface area contributed by atoms with E-state index >= 15 is 0 Å². The Morgan fingerprint density at radius 3 is 2.70 bits per heavy atom. The number of morpholine rings is 1. The van der Waals surface area contributed by atoms with E-state index in [1.165, 1.54) is 7.05 Å². The van der Waals surface area contributed by atoms with Crippen molar-refractivity contribution in [2.24, 2.45) is 5.92 Å². The average Bonchev–Trinajstić information content (AvgIpc) is 3.44. The number of hydrogen-bond acceptors (Lipinski definition) is 5. The van der Waals surface area contributed by atoms with Crippen LogP contribution in [0, 0.1) is 5.92 Å². The van der Waals surface area contributed by atoms with Crippen molar-refractivity contribution in [3.63, 3.8) is 0 Å². The van der Waals surface area contributed by atoms with Gasteiger partial charge in [0.25, 0.3) is 11.8 Å². The van der Waals surface area contributed by atoms with Crippen LogP contribution in [0.1, 0.15) is 52.0 Å². The van der Waals surface area contributed by atoms with Crippen molar-refractivity contribution in [1.82, 2.24) is 15.5 Å². The van der Waals surface area contributed by atoms with Crippen LogP contribution < -0.4 is 15.4 Å². The molecule has 30 heavy (non-hydrogen) atoms. The zero-order valence-electron chi connectivity index (χ0n) is 17.6. The third-order valence-corrected chi connectivity index (χ3v) is 6.48. The second kappa shape index (κ2) is 8.89. The van der Waals surface area contributed by atoms with Crippen LogP contribution in [0.3, 0.4) is 0 Å². The largest absolute Gasteiger partial charge is 0.486 e. The Labute approximate surface area is 176 Å². The van der Waals surface area contributed by atoms with E-state index in [-0.39, 0.29) is 29.3 Å². The van der Waals surface area contributed by atoms with Crippen molar-refractivity contribution in [3.05, 3.63) is 28.8 Å². The van der Waals surface area contributed by atoms with Gasteiger partial charge in [0.2, 0.25) is 0 Å². The van der Waals surface area contributed by atoms with Gasteiger partial charge in [-0.2, -0.15) is 0 Å². The number of alkyl halides is 1. The van der Waals surface area contributed by atoms with E-state index in [0.717, 1.165) is 45.7 Å². The number of ether oxygens (including phenoxy) is 2. The molecule has 2 aliphatic heterocycles. The number of carbonyl (C=O) groups excluding carboxylic acids is 2. The van der Waals surface area contributed by atoms with E-state index in [2.05, 4.69) is 15.5 Å². The number of benzene rings is 1. The average molecular weight is 419 g/mol. The van der Waals surface area contributed by atoms with Gasteiger partial charge in [0, 0.05) is 43.2 Å². The molecule has 4 atom stereocenters. The van der Waals surface area contributed by atoms with Crippen LogP contribution in [0.4, 0.5) is 4.39 Å². The van der Waals surface area contributed by atoms with E-state index < -0.39 is 12.8 Å². The van der Waals surface area contributed by atoms with Gasteiger partial charge in [-0.05, 0) is 37.4 Å². The number of fused-ring (bicyclic) bond motifs is 1. The summed E-state index contributed by atoms with van der Waals surface area (Å²) < 4.78 is 24.4. The summed E-state index contributed by atoms with van der Waals surface area (Å²) in [7, 11) is 1.52. The van der Waals surface area contributed by atoms with Crippen molar-refractivity contribution < 1.29 is 23.5 Å². The van der Waals surface area contributed by atoms with Crippen LogP contribution in [-0.2, 0) is 4.74 Å². The Bertz CT molecular complexity index is 812. The number of nitrogens with zero attached hydrogens (tertiary/aromatic N) is 1. The molecule has 2 N–H and O–H groups in total. The maximum Gasteiger partial charge on any atom is 0.254 e. The lowest BCUT2D eigenvalue weighted by Gasteiger charge is -2.26. The molecule has 2 heterocycles. The van der Waals surface area contributed by atoms with Gasteiger partial charge in [0.05, 0.1) is 18.8 Å². The SMILES string of the molecule is CNC(=O)c1cc(C(=O)N[C@@H]2C[C@H]2CCN2CCOCC2)cc2c1O[C@H](CF)[C@H]2C. The van der Waals surface area contributed by atoms with E-state index in [1.807, 2.05) is 6.92 Å². The highest BCUT2D eigenvalue weighted by atomic mass is 19.1. The minimum atomic E-state index is -0.641. The lowest BCUT2D eigenvalue weighted by Crippen LogP contribution is -2.37. The van der Waals surface area contributed by atoms with Gasteiger partial charge in [-0.25, -0.2) is 4.39 Å². The Hall–Kier alpha value is -2.19.